The smallest absolute Gasteiger partial charge is 0.323 e. The highest BCUT2D eigenvalue weighted by Crippen LogP contribution is 2.10. The first-order chi connectivity index (χ1) is 6.61. The summed E-state index contributed by atoms with van der Waals surface area (Å²) in [4.78, 5) is 24.9. The number of carboxylic acid groups (broad SMARTS) is 1. The van der Waals surface area contributed by atoms with Gasteiger partial charge < -0.3 is 14.9 Å². The summed E-state index contributed by atoms with van der Waals surface area (Å²) in [5.74, 6) is 0.895. The van der Waals surface area contributed by atoms with Gasteiger partial charge in [0.2, 0.25) is 0 Å². The lowest BCUT2D eigenvalue weighted by atomic mass is 10.5. The molecule has 0 aliphatic carbocycles. The number of rotatable bonds is 2. The largest absolute Gasteiger partial charge is 0.480 e. The monoisotopic (exact) mass is 218 g/mol. The van der Waals surface area contributed by atoms with Crippen LogP contribution >= 0.6 is 11.8 Å². The lowest BCUT2D eigenvalue weighted by Gasteiger charge is -2.30. The minimum absolute atomic E-state index is 0.187. The molecular weight excluding hydrogens is 204 g/mol. The lowest BCUT2D eigenvalue weighted by molar-refractivity contribution is -0.137. The molecular formula is C8H14N2O3S. The Kier molecular flexibility index (Phi) is 4.06. The van der Waals surface area contributed by atoms with Crippen molar-refractivity contribution >= 4 is 23.8 Å². The molecule has 0 radical (unpaired) electrons. The Morgan fingerprint density at radius 1 is 1.43 bits per heavy atom. The van der Waals surface area contributed by atoms with Gasteiger partial charge in [0, 0.05) is 31.6 Å². The summed E-state index contributed by atoms with van der Waals surface area (Å²) in [6.45, 7) is 1.20. The van der Waals surface area contributed by atoms with Crippen LogP contribution in [0.25, 0.3) is 0 Å². The Labute approximate surface area is 87.0 Å². The summed E-state index contributed by atoms with van der Waals surface area (Å²) in [6, 6.07) is -0.187. The molecule has 5 nitrogen and oxygen atoms in total. The van der Waals surface area contributed by atoms with E-state index in [-0.39, 0.29) is 12.6 Å². The van der Waals surface area contributed by atoms with E-state index in [1.807, 2.05) is 11.8 Å². The lowest BCUT2D eigenvalue weighted by Crippen LogP contribution is -2.46. The maximum Gasteiger partial charge on any atom is 0.323 e. The molecule has 1 aliphatic rings. The van der Waals surface area contributed by atoms with Crippen molar-refractivity contribution in [3.05, 3.63) is 0 Å². The summed E-state index contributed by atoms with van der Waals surface area (Å²) in [6.07, 6.45) is 0. The molecule has 1 fully saturated rings. The van der Waals surface area contributed by atoms with Crippen LogP contribution in [0.5, 0.6) is 0 Å². The standard InChI is InChI=1S/C8H14N2O3S/c1-9(6-7(11)12)8(13)10-2-4-14-5-3-10/h2-6H2,1H3,(H,11,12). The fourth-order valence-corrected chi connectivity index (χ4v) is 2.17. The Balaban J connectivity index is 2.42. The number of hydrogen-bond donors (Lipinski definition) is 1. The van der Waals surface area contributed by atoms with Crippen molar-refractivity contribution in [3.8, 4) is 0 Å². The van der Waals surface area contributed by atoms with Gasteiger partial charge in [0.25, 0.3) is 0 Å². The molecule has 2 amide bonds. The molecule has 1 rings (SSSR count). The summed E-state index contributed by atoms with van der Waals surface area (Å²) >= 11 is 1.81. The maximum absolute atomic E-state index is 11.6. The molecule has 0 aromatic rings. The average Bonchev–Trinajstić information content (AvgIpc) is 2.17. The van der Waals surface area contributed by atoms with Gasteiger partial charge in [-0.15, -0.1) is 0 Å². The highest BCUT2D eigenvalue weighted by molar-refractivity contribution is 7.99. The fourth-order valence-electron chi connectivity index (χ4n) is 1.27. The van der Waals surface area contributed by atoms with Crippen molar-refractivity contribution in [3.63, 3.8) is 0 Å². The molecule has 0 bridgehead atoms. The first kappa shape index (κ1) is 11.2. The van der Waals surface area contributed by atoms with Crippen LogP contribution in [0.2, 0.25) is 0 Å². The van der Waals surface area contributed by atoms with Crippen LogP contribution in [0.4, 0.5) is 4.79 Å². The number of carbonyl (C=O) groups excluding carboxylic acids is 1. The summed E-state index contributed by atoms with van der Waals surface area (Å²) in [5, 5.41) is 8.51. The highest BCUT2D eigenvalue weighted by atomic mass is 32.2. The van der Waals surface area contributed by atoms with Crippen molar-refractivity contribution in [2.75, 3.05) is 38.2 Å². The predicted octanol–water partition coefficient (Wildman–Crippen LogP) is 0.172. The van der Waals surface area contributed by atoms with E-state index >= 15 is 0 Å². The van der Waals surface area contributed by atoms with Gasteiger partial charge in [0.1, 0.15) is 6.54 Å². The molecule has 1 N–H and O–H groups in total. The number of hydrogen-bond acceptors (Lipinski definition) is 3. The van der Waals surface area contributed by atoms with E-state index < -0.39 is 5.97 Å². The number of amides is 2. The number of thioether (sulfide) groups is 1. The quantitative estimate of drug-likeness (QED) is 0.718. The molecule has 0 aromatic heterocycles. The van der Waals surface area contributed by atoms with Gasteiger partial charge >= 0.3 is 12.0 Å². The van der Waals surface area contributed by atoms with Crippen molar-refractivity contribution in [2.24, 2.45) is 0 Å². The Morgan fingerprint density at radius 3 is 2.50 bits per heavy atom. The highest BCUT2D eigenvalue weighted by Gasteiger charge is 2.21. The zero-order valence-corrected chi connectivity index (χ0v) is 8.92. The van der Waals surface area contributed by atoms with Crippen LogP contribution in [-0.4, -0.2) is 65.1 Å². The minimum Gasteiger partial charge on any atom is -0.480 e. The van der Waals surface area contributed by atoms with E-state index in [9.17, 15) is 9.59 Å². The molecule has 0 saturated carbocycles. The summed E-state index contributed by atoms with van der Waals surface area (Å²) < 4.78 is 0. The molecule has 1 saturated heterocycles. The second kappa shape index (κ2) is 5.09. The number of urea groups is 1. The van der Waals surface area contributed by atoms with Crippen LogP contribution in [0.3, 0.4) is 0 Å². The van der Waals surface area contributed by atoms with E-state index in [0.29, 0.717) is 13.1 Å². The molecule has 0 unspecified atom stereocenters. The Bertz CT molecular complexity index is 229. The minimum atomic E-state index is -0.979. The molecule has 0 aromatic carbocycles. The van der Waals surface area contributed by atoms with Crippen LogP contribution < -0.4 is 0 Å². The van der Waals surface area contributed by atoms with Gasteiger partial charge in [-0.25, -0.2) is 4.79 Å². The van der Waals surface area contributed by atoms with Crippen LogP contribution in [0, 0.1) is 0 Å². The van der Waals surface area contributed by atoms with E-state index in [1.165, 1.54) is 11.9 Å². The third-order valence-electron chi connectivity index (χ3n) is 1.98. The second-order valence-corrected chi connectivity index (χ2v) is 4.36. The Morgan fingerprint density at radius 2 is 2.00 bits per heavy atom. The van der Waals surface area contributed by atoms with Crippen molar-refractivity contribution in [1.29, 1.82) is 0 Å². The summed E-state index contributed by atoms with van der Waals surface area (Å²) in [7, 11) is 1.51. The van der Waals surface area contributed by atoms with E-state index in [4.69, 9.17) is 5.11 Å². The molecule has 1 heterocycles. The van der Waals surface area contributed by atoms with Gasteiger partial charge in [-0.2, -0.15) is 11.8 Å². The molecule has 0 spiro atoms. The predicted molar refractivity (Wildman–Crippen MR) is 54.6 cm³/mol. The fraction of sp³-hybridized carbons (Fsp3) is 0.750. The van der Waals surface area contributed by atoms with Crippen molar-refractivity contribution in [1.82, 2.24) is 9.80 Å². The first-order valence-corrected chi connectivity index (χ1v) is 5.56. The molecule has 1 aliphatic heterocycles. The van der Waals surface area contributed by atoms with Gasteiger partial charge in [0.15, 0.2) is 0 Å². The topological polar surface area (TPSA) is 60.9 Å². The SMILES string of the molecule is CN(CC(=O)O)C(=O)N1CCSCC1. The summed E-state index contributed by atoms with van der Waals surface area (Å²) in [5.41, 5.74) is 0. The third-order valence-corrected chi connectivity index (χ3v) is 2.92. The van der Waals surface area contributed by atoms with Gasteiger partial charge in [-0.1, -0.05) is 0 Å². The number of nitrogens with zero attached hydrogens (tertiary/aromatic N) is 2. The third kappa shape index (κ3) is 3.10. The number of carbonyl (C=O) groups is 2. The maximum atomic E-state index is 11.6. The number of likely N-dealkylation sites (N-methyl/N-ethyl adjacent to an activating group) is 1. The molecule has 0 atom stereocenters. The van der Waals surface area contributed by atoms with E-state index in [1.54, 1.807) is 4.90 Å². The van der Waals surface area contributed by atoms with Crippen LogP contribution in [-0.2, 0) is 4.79 Å². The van der Waals surface area contributed by atoms with Gasteiger partial charge in [0.05, 0.1) is 0 Å². The van der Waals surface area contributed by atoms with Crippen LogP contribution in [0.1, 0.15) is 0 Å². The van der Waals surface area contributed by atoms with Crippen molar-refractivity contribution < 1.29 is 14.7 Å². The first-order valence-electron chi connectivity index (χ1n) is 4.41. The normalized spacial score (nSPS) is 16.5. The average molecular weight is 218 g/mol. The van der Waals surface area contributed by atoms with Crippen molar-refractivity contribution in [2.45, 2.75) is 0 Å². The molecule has 80 valence electrons. The number of carboxylic acids is 1. The zero-order valence-electron chi connectivity index (χ0n) is 8.10. The zero-order chi connectivity index (χ0) is 10.6. The molecule has 14 heavy (non-hydrogen) atoms. The van der Waals surface area contributed by atoms with Gasteiger partial charge in [-0.3, -0.25) is 4.79 Å². The Hall–Kier alpha value is -0.910. The second-order valence-electron chi connectivity index (χ2n) is 3.13. The molecule has 6 heteroatoms. The van der Waals surface area contributed by atoms with Crippen LogP contribution in [0.15, 0.2) is 0 Å². The van der Waals surface area contributed by atoms with E-state index in [2.05, 4.69) is 0 Å². The van der Waals surface area contributed by atoms with E-state index in [0.717, 1.165) is 11.5 Å². The van der Waals surface area contributed by atoms with Gasteiger partial charge in [-0.05, 0) is 0 Å². The number of aliphatic carboxylic acids is 1.